The van der Waals surface area contributed by atoms with Crippen LogP contribution in [0.2, 0.25) is 0 Å². The van der Waals surface area contributed by atoms with E-state index in [1.807, 2.05) is 13.0 Å². The van der Waals surface area contributed by atoms with E-state index in [1.54, 1.807) is 0 Å². The number of hydrogen-bond donors (Lipinski definition) is 2. The summed E-state index contributed by atoms with van der Waals surface area (Å²) in [4.78, 5) is 21.3. The van der Waals surface area contributed by atoms with Gasteiger partial charge in [0.1, 0.15) is 12.0 Å². The molecule has 0 radical (unpaired) electrons. The average Bonchev–Trinajstić information content (AvgIpc) is 2.67. The lowest BCUT2D eigenvalue weighted by Gasteiger charge is -2.41. The van der Waals surface area contributed by atoms with E-state index in [9.17, 15) is 9.90 Å². The molecule has 0 bridgehead atoms. The molecule has 0 amide bonds. The molecular weight excluding hydrogens is 368 g/mol. The minimum absolute atomic E-state index is 0.277. The van der Waals surface area contributed by atoms with Crippen molar-refractivity contribution in [2.45, 2.75) is 89.4 Å². The van der Waals surface area contributed by atoms with Gasteiger partial charge < -0.3 is 10.2 Å². The van der Waals surface area contributed by atoms with E-state index in [2.05, 4.69) is 43.3 Å². The van der Waals surface area contributed by atoms with Crippen LogP contribution in [-0.4, -0.2) is 27.6 Å². The number of aliphatic hydroxyl groups is 1. The van der Waals surface area contributed by atoms with Crippen LogP contribution in [0, 0.1) is 5.92 Å². The molecule has 29 heavy (non-hydrogen) atoms. The van der Waals surface area contributed by atoms with Crippen molar-refractivity contribution in [3.63, 3.8) is 0 Å². The van der Waals surface area contributed by atoms with Gasteiger partial charge in [-0.15, -0.1) is 0 Å². The van der Waals surface area contributed by atoms with Crippen molar-refractivity contribution in [2.24, 2.45) is 5.92 Å². The van der Waals surface area contributed by atoms with Gasteiger partial charge in [0.05, 0.1) is 0 Å². The first kappa shape index (κ1) is 23.6. The number of benzene rings is 1. The standard InChI is InChI=1S/C24H36O5/c1-20(18-23(2)16-17-24(27,29-28-23)19-22(25)26)12-8-5-3-4-6-9-13-21-14-10-7-11-15-21/h7,9-11,13-15,20,27H,3-6,8,12,16-19H2,1-2H3,(H,25,26)/b13-9+/t20?,23-,24-/m1/s1. The summed E-state index contributed by atoms with van der Waals surface area (Å²) < 4.78 is 0. The molecule has 1 aliphatic rings. The number of allylic oxidation sites excluding steroid dienone is 1. The lowest BCUT2D eigenvalue weighted by Crippen LogP contribution is -2.47. The summed E-state index contributed by atoms with van der Waals surface area (Å²) >= 11 is 0. The molecule has 2 N–H and O–H groups in total. The highest BCUT2D eigenvalue weighted by molar-refractivity contribution is 5.67. The third-order valence-electron chi connectivity index (χ3n) is 5.58. The highest BCUT2D eigenvalue weighted by Crippen LogP contribution is 2.38. The second-order valence-corrected chi connectivity index (χ2v) is 8.75. The predicted octanol–water partition coefficient (Wildman–Crippen LogP) is 5.73. The highest BCUT2D eigenvalue weighted by atomic mass is 17.2. The van der Waals surface area contributed by atoms with Crippen molar-refractivity contribution < 1.29 is 24.8 Å². The second-order valence-electron chi connectivity index (χ2n) is 8.75. The SMILES string of the molecule is CC(CCCCCC/C=C/c1ccccc1)C[C@@]1(C)CC[C@](O)(CC(=O)O)OO1. The Morgan fingerprint density at radius 2 is 1.86 bits per heavy atom. The van der Waals surface area contributed by atoms with Crippen LogP contribution in [0.15, 0.2) is 36.4 Å². The first-order chi connectivity index (χ1) is 13.8. The van der Waals surface area contributed by atoms with Crippen molar-refractivity contribution in [3.8, 4) is 0 Å². The fourth-order valence-electron chi connectivity index (χ4n) is 3.94. The fraction of sp³-hybridized carbons (Fsp3) is 0.625. The van der Waals surface area contributed by atoms with E-state index >= 15 is 0 Å². The number of carboxylic acids is 1. The van der Waals surface area contributed by atoms with E-state index in [-0.39, 0.29) is 6.42 Å². The van der Waals surface area contributed by atoms with Gasteiger partial charge in [-0.05, 0) is 44.1 Å². The molecule has 1 heterocycles. The van der Waals surface area contributed by atoms with Gasteiger partial charge in [-0.25, -0.2) is 9.78 Å². The van der Waals surface area contributed by atoms with Crippen LogP contribution in [-0.2, 0) is 14.6 Å². The van der Waals surface area contributed by atoms with Gasteiger partial charge in [-0.1, -0.05) is 75.1 Å². The van der Waals surface area contributed by atoms with Crippen LogP contribution in [0.25, 0.3) is 6.08 Å². The number of carbonyl (C=O) groups is 1. The maximum atomic E-state index is 10.8. The van der Waals surface area contributed by atoms with Crippen molar-refractivity contribution in [1.82, 2.24) is 0 Å². The van der Waals surface area contributed by atoms with Crippen molar-refractivity contribution in [1.29, 1.82) is 0 Å². The smallest absolute Gasteiger partial charge is 0.308 e. The molecule has 1 aromatic carbocycles. The van der Waals surface area contributed by atoms with E-state index in [0.29, 0.717) is 12.3 Å². The molecule has 0 aliphatic carbocycles. The van der Waals surface area contributed by atoms with Gasteiger partial charge in [-0.2, -0.15) is 0 Å². The third kappa shape index (κ3) is 9.11. The topological polar surface area (TPSA) is 76.0 Å². The first-order valence-electron chi connectivity index (χ1n) is 10.8. The van der Waals surface area contributed by atoms with Gasteiger partial charge in [0, 0.05) is 6.42 Å². The summed E-state index contributed by atoms with van der Waals surface area (Å²) in [5, 5.41) is 18.9. The predicted molar refractivity (Wildman–Crippen MR) is 114 cm³/mol. The molecule has 1 aromatic rings. The number of unbranched alkanes of at least 4 members (excludes halogenated alkanes) is 4. The molecule has 3 atom stereocenters. The molecule has 162 valence electrons. The zero-order valence-corrected chi connectivity index (χ0v) is 17.8. The summed E-state index contributed by atoms with van der Waals surface area (Å²) in [6, 6.07) is 10.4. The molecule has 0 spiro atoms. The third-order valence-corrected chi connectivity index (χ3v) is 5.58. The number of hydrogen-bond acceptors (Lipinski definition) is 4. The quantitative estimate of drug-likeness (QED) is 0.344. The van der Waals surface area contributed by atoms with Crippen LogP contribution in [0.5, 0.6) is 0 Å². The van der Waals surface area contributed by atoms with Gasteiger partial charge in [0.25, 0.3) is 0 Å². The van der Waals surface area contributed by atoms with Crippen LogP contribution in [0.1, 0.15) is 83.6 Å². The van der Waals surface area contributed by atoms with Gasteiger partial charge in [0.15, 0.2) is 0 Å². The van der Waals surface area contributed by atoms with Gasteiger partial charge >= 0.3 is 5.97 Å². The van der Waals surface area contributed by atoms with Crippen LogP contribution >= 0.6 is 0 Å². The maximum absolute atomic E-state index is 10.8. The Hall–Kier alpha value is -1.69. The lowest BCUT2D eigenvalue weighted by atomic mass is 9.84. The summed E-state index contributed by atoms with van der Waals surface area (Å²) in [5.41, 5.74) is 0.789. The monoisotopic (exact) mass is 404 g/mol. The van der Waals surface area contributed by atoms with Crippen LogP contribution in [0.4, 0.5) is 0 Å². The van der Waals surface area contributed by atoms with Crippen molar-refractivity contribution >= 4 is 12.0 Å². The largest absolute Gasteiger partial charge is 0.481 e. The lowest BCUT2D eigenvalue weighted by molar-refractivity contribution is -0.483. The minimum atomic E-state index is -1.70. The van der Waals surface area contributed by atoms with Crippen molar-refractivity contribution in [3.05, 3.63) is 42.0 Å². The summed E-state index contributed by atoms with van der Waals surface area (Å²) in [6.45, 7) is 4.19. The Labute approximate surface area is 174 Å². The number of carboxylic acid groups (broad SMARTS) is 1. The molecule has 2 rings (SSSR count). The highest BCUT2D eigenvalue weighted by Gasteiger charge is 2.43. The zero-order valence-electron chi connectivity index (χ0n) is 17.8. The van der Waals surface area contributed by atoms with E-state index < -0.39 is 23.8 Å². The molecule has 0 saturated carbocycles. The molecule has 1 fully saturated rings. The maximum Gasteiger partial charge on any atom is 0.308 e. The number of rotatable bonds is 12. The molecule has 1 saturated heterocycles. The van der Waals surface area contributed by atoms with E-state index in [4.69, 9.17) is 14.9 Å². The van der Waals surface area contributed by atoms with Gasteiger partial charge in [-0.3, -0.25) is 4.79 Å². The summed E-state index contributed by atoms with van der Waals surface area (Å²) in [7, 11) is 0. The second kappa shape index (κ2) is 11.5. The Morgan fingerprint density at radius 1 is 1.14 bits per heavy atom. The Bertz CT molecular complexity index is 632. The molecule has 1 unspecified atom stereocenters. The first-order valence-corrected chi connectivity index (χ1v) is 10.8. The Morgan fingerprint density at radius 3 is 2.52 bits per heavy atom. The summed E-state index contributed by atoms with van der Waals surface area (Å²) in [6.07, 6.45) is 12.8. The molecular formula is C24H36O5. The van der Waals surface area contributed by atoms with E-state index in [0.717, 1.165) is 19.3 Å². The molecule has 1 aliphatic heterocycles. The fourth-order valence-corrected chi connectivity index (χ4v) is 3.94. The average molecular weight is 405 g/mol. The van der Waals surface area contributed by atoms with Crippen LogP contribution in [0.3, 0.4) is 0 Å². The van der Waals surface area contributed by atoms with Gasteiger partial charge in [0.2, 0.25) is 5.79 Å². The normalized spacial score (nSPS) is 25.9. The Kier molecular flexibility index (Phi) is 9.34. The van der Waals surface area contributed by atoms with Crippen LogP contribution < -0.4 is 0 Å². The molecule has 5 heteroatoms. The molecule has 0 aromatic heterocycles. The minimum Gasteiger partial charge on any atom is -0.481 e. The molecule has 5 nitrogen and oxygen atoms in total. The van der Waals surface area contributed by atoms with Crippen molar-refractivity contribution in [2.75, 3.05) is 0 Å². The zero-order chi connectivity index (χ0) is 21.2. The summed E-state index contributed by atoms with van der Waals surface area (Å²) in [5.74, 6) is -2.31. The Balaban J connectivity index is 1.55. The number of aliphatic carboxylic acids is 1. The van der Waals surface area contributed by atoms with E-state index in [1.165, 1.54) is 31.2 Å².